The first-order chi connectivity index (χ1) is 31.4. The molecular formula is C57H52N8. The number of hydrogen-bond donors (Lipinski definition) is 0. The molecular weight excluding hydrogens is 797 g/mol. The van der Waals surface area contributed by atoms with E-state index in [9.17, 15) is 0 Å². The Hall–Kier alpha value is -7.84. The molecule has 65 heavy (non-hydrogen) atoms. The summed E-state index contributed by atoms with van der Waals surface area (Å²) >= 11 is 0. The lowest BCUT2D eigenvalue weighted by molar-refractivity contribution is 0.506. The largest absolute Gasteiger partial charge is 0.280 e. The topological polar surface area (TPSA) is 98.9 Å². The minimum Gasteiger partial charge on any atom is -0.280 e. The second-order valence-corrected chi connectivity index (χ2v) is 17.5. The highest BCUT2D eigenvalue weighted by atomic mass is 14.8. The summed E-state index contributed by atoms with van der Waals surface area (Å²) < 4.78 is 0. The van der Waals surface area contributed by atoms with Gasteiger partial charge in [0.05, 0.1) is 91.0 Å². The van der Waals surface area contributed by atoms with Crippen molar-refractivity contribution in [1.82, 2.24) is 0 Å². The molecule has 0 amide bonds. The minimum absolute atomic E-state index is 0.114. The van der Waals surface area contributed by atoms with Gasteiger partial charge >= 0.3 is 0 Å². The van der Waals surface area contributed by atoms with E-state index < -0.39 is 0 Å². The zero-order valence-corrected chi connectivity index (χ0v) is 37.8. The molecule has 0 spiro atoms. The van der Waals surface area contributed by atoms with E-state index in [2.05, 4.69) is 65.8 Å². The van der Waals surface area contributed by atoms with E-state index in [1.165, 1.54) is 5.56 Å². The summed E-state index contributed by atoms with van der Waals surface area (Å²) in [5.41, 5.74) is 14.4. The van der Waals surface area contributed by atoms with Gasteiger partial charge in [0.2, 0.25) is 0 Å². The van der Waals surface area contributed by atoms with Gasteiger partial charge < -0.3 is 0 Å². The monoisotopic (exact) mass is 848 g/mol. The maximum atomic E-state index is 4.80. The van der Waals surface area contributed by atoms with Crippen molar-refractivity contribution in [1.29, 1.82) is 0 Å². The first-order valence-corrected chi connectivity index (χ1v) is 22.0. The first-order valence-electron chi connectivity index (χ1n) is 22.0. The summed E-state index contributed by atoms with van der Waals surface area (Å²) in [7, 11) is 0. The summed E-state index contributed by atoms with van der Waals surface area (Å²) in [6.07, 6.45) is 32.8. The Morgan fingerprint density at radius 2 is 0.462 bits per heavy atom. The lowest BCUT2D eigenvalue weighted by Crippen LogP contribution is -2.14. The smallest absolute Gasteiger partial charge is 0.0638 e. The minimum atomic E-state index is -0.114. The summed E-state index contributed by atoms with van der Waals surface area (Å²) in [4.78, 5) is 38.2. The van der Waals surface area contributed by atoms with Crippen LogP contribution >= 0.6 is 0 Å². The van der Waals surface area contributed by atoms with Crippen LogP contribution in [0.25, 0.3) is 0 Å². The summed E-state index contributed by atoms with van der Waals surface area (Å²) in [5.74, 6) is 0. The molecule has 8 nitrogen and oxygen atoms in total. The lowest BCUT2D eigenvalue weighted by Gasteiger charge is -2.23. The highest BCUT2D eigenvalue weighted by Crippen LogP contribution is 2.29. The van der Waals surface area contributed by atoms with Gasteiger partial charge in [0.1, 0.15) is 0 Å². The Bertz CT molecular complexity index is 2870. The van der Waals surface area contributed by atoms with Crippen molar-refractivity contribution in [2.45, 2.75) is 58.9 Å². The van der Waals surface area contributed by atoms with E-state index >= 15 is 0 Å². The number of allylic oxidation sites excluding steroid dienone is 16. The molecule has 0 saturated heterocycles. The quantitative estimate of drug-likeness (QED) is 0.150. The molecule has 0 saturated carbocycles. The predicted molar refractivity (Wildman–Crippen MR) is 279 cm³/mol. The molecule has 4 aromatic rings. The second-order valence-electron chi connectivity index (χ2n) is 17.5. The highest BCUT2D eigenvalue weighted by molar-refractivity contribution is 6.22. The third-order valence-corrected chi connectivity index (χ3v) is 10.8. The van der Waals surface area contributed by atoms with Crippen molar-refractivity contribution < 1.29 is 0 Å². The molecule has 0 bridgehead atoms. The van der Waals surface area contributed by atoms with Gasteiger partial charge in [-0.05, 0) is 220 Å². The van der Waals surface area contributed by atoms with Crippen molar-refractivity contribution in [2.24, 2.45) is 39.9 Å². The van der Waals surface area contributed by atoms with Crippen LogP contribution in [0.4, 0.5) is 39.8 Å². The van der Waals surface area contributed by atoms with Crippen LogP contribution in [0.5, 0.6) is 0 Å². The Kier molecular flexibility index (Phi) is 13.3. The average Bonchev–Trinajstić information content (AvgIpc) is 3.31. The summed E-state index contributed by atoms with van der Waals surface area (Å²) in [6, 6.07) is 32.2. The molecule has 320 valence electrons. The number of aliphatic imine (C=N–C) groups is 8. The molecule has 0 atom stereocenters. The zero-order chi connectivity index (χ0) is 45.2. The van der Waals surface area contributed by atoms with Gasteiger partial charge in [0.15, 0.2) is 0 Å². The molecule has 4 aliphatic rings. The normalized spacial score (nSPS) is 15.5. The van der Waals surface area contributed by atoms with E-state index in [0.717, 1.165) is 91.9 Å². The van der Waals surface area contributed by atoms with Crippen LogP contribution in [0.3, 0.4) is 0 Å². The summed E-state index contributed by atoms with van der Waals surface area (Å²) in [5, 5.41) is 0. The van der Waals surface area contributed by atoms with E-state index in [1.807, 2.05) is 170 Å². The first kappa shape index (κ1) is 43.8. The van der Waals surface area contributed by atoms with Gasteiger partial charge in [-0.25, -0.2) is 34.9 Å². The molecule has 0 aromatic heterocycles. The average molecular weight is 849 g/mol. The number of benzene rings is 4. The Balaban J connectivity index is 0.806. The molecule has 8 rings (SSSR count). The van der Waals surface area contributed by atoms with Crippen molar-refractivity contribution in [3.63, 3.8) is 0 Å². The van der Waals surface area contributed by atoms with Crippen LogP contribution in [0.15, 0.2) is 234 Å². The maximum Gasteiger partial charge on any atom is 0.0638 e. The SMILES string of the molecule is CCC(C)(C)c1ccc(N=C2C=CC(=Nc3ccc(N=C4C=CC(=Nc5ccc(N=C6C=CC(=Nc7ccc(N=C8C=CC(=NC(C)(C)C)C=C8)cc7)C=C6)cc5)C=C4)cc3)C=C2)cc1. The van der Waals surface area contributed by atoms with Crippen LogP contribution in [-0.4, -0.2) is 51.2 Å². The molecule has 0 aliphatic heterocycles. The summed E-state index contributed by atoms with van der Waals surface area (Å²) in [6.45, 7) is 13.0. The molecule has 0 fully saturated rings. The third-order valence-electron chi connectivity index (χ3n) is 10.8. The van der Waals surface area contributed by atoms with E-state index in [-0.39, 0.29) is 11.0 Å². The van der Waals surface area contributed by atoms with Crippen LogP contribution in [-0.2, 0) is 5.41 Å². The number of rotatable bonds is 9. The van der Waals surface area contributed by atoms with Crippen LogP contribution in [0, 0.1) is 0 Å². The lowest BCUT2D eigenvalue weighted by atomic mass is 9.82. The van der Waals surface area contributed by atoms with Gasteiger partial charge in [-0.2, -0.15) is 0 Å². The van der Waals surface area contributed by atoms with Gasteiger partial charge in [-0.1, -0.05) is 32.9 Å². The molecule has 0 radical (unpaired) electrons. The van der Waals surface area contributed by atoms with Gasteiger partial charge in [-0.3, -0.25) is 4.99 Å². The van der Waals surface area contributed by atoms with Gasteiger partial charge in [0, 0.05) is 0 Å². The molecule has 0 unspecified atom stereocenters. The van der Waals surface area contributed by atoms with Crippen LogP contribution in [0.1, 0.15) is 53.5 Å². The van der Waals surface area contributed by atoms with E-state index in [4.69, 9.17) is 39.9 Å². The Morgan fingerprint density at radius 1 is 0.277 bits per heavy atom. The van der Waals surface area contributed by atoms with E-state index in [1.54, 1.807) is 0 Å². The fourth-order valence-corrected chi connectivity index (χ4v) is 6.83. The number of hydrogen-bond acceptors (Lipinski definition) is 8. The third kappa shape index (κ3) is 12.6. The van der Waals surface area contributed by atoms with Crippen molar-refractivity contribution in [2.75, 3.05) is 0 Å². The molecule has 8 heteroatoms. The second kappa shape index (κ2) is 19.7. The predicted octanol–water partition coefficient (Wildman–Crippen LogP) is 14.7. The molecule has 4 aromatic carbocycles. The maximum absolute atomic E-state index is 4.80. The molecule has 4 aliphatic carbocycles. The van der Waals surface area contributed by atoms with Crippen molar-refractivity contribution in [3.05, 3.63) is 200 Å². The number of nitrogens with zero attached hydrogens (tertiary/aromatic N) is 8. The standard InChI is InChI=1S/C57H52N8/c1-7-57(5,6)40-8-10-41(11-9-40)58-42-12-14-43(15-13-42)59-44-16-18-45(19-17-44)60-46-20-22-47(23-21-46)61-48-24-26-49(27-25-48)62-50-28-30-51(31-29-50)63-52-32-34-53(35-33-52)64-54-36-38-55(39-37-54)65-56(2,3)4/h8-39H,7H2,1-6H3. The fourth-order valence-electron chi connectivity index (χ4n) is 6.83. The van der Waals surface area contributed by atoms with E-state index in [0.29, 0.717) is 0 Å². The zero-order valence-electron chi connectivity index (χ0n) is 37.8. The van der Waals surface area contributed by atoms with Crippen LogP contribution in [0.2, 0.25) is 0 Å². The Labute approximate surface area is 382 Å². The van der Waals surface area contributed by atoms with Crippen molar-refractivity contribution in [3.8, 4) is 0 Å². The fraction of sp³-hybridized carbons (Fsp3) is 0.158. The van der Waals surface area contributed by atoms with Crippen LogP contribution < -0.4 is 0 Å². The molecule has 0 N–H and O–H groups in total. The van der Waals surface area contributed by atoms with Gasteiger partial charge in [0.25, 0.3) is 0 Å². The van der Waals surface area contributed by atoms with Crippen molar-refractivity contribution >= 4 is 85.5 Å². The molecule has 0 heterocycles. The van der Waals surface area contributed by atoms with Gasteiger partial charge in [-0.15, -0.1) is 0 Å². The Morgan fingerprint density at radius 3 is 0.646 bits per heavy atom. The highest BCUT2D eigenvalue weighted by Gasteiger charge is 2.17.